The number of nitrogens with zero attached hydrogens (tertiary/aromatic N) is 1. The molecule has 5 heteroatoms. The van der Waals surface area contributed by atoms with Gasteiger partial charge in [0, 0.05) is 0 Å². The van der Waals surface area contributed by atoms with Gasteiger partial charge in [-0.25, -0.2) is 4.68 Å². The number of aromatic hydroxyl groups is 1. The molecular weight excluding hydrogens is 146 g/mol. The highest BCUT2D eigenvalue weighted by Crippen LogP contribution is 2.32. The van der Waals surface area contributed by atoms with Crippen molar-refractivity contribution in [2.75, 3.05) is 11.6 Å². The molecule has 0 aromatic carbocycles. The lowest BCUT2D eigenvalue weighted by Gasteiger charge is -1.94. The lowest BCUT2D eigenvalue weighted by atomic mass is 10.4. The number of hydrogen-bond donors (Lipinski definition) is 3. The Morgan fingerprint density at radius 1 is 1.55 bits per heavy atom. The first kappa shape index (κ1) is 5.96. The highest BCUT2D eigenvalue weighted by Gasteiger charge is 2.13. The van der Waals surface area contributed by atoms with Crippen molar-refractivity contribution < 1.29 is 9.52 Å². The molecule has 2 aromatic rings. The molecule has 0 aliphatic rings. The van der Waals surface area contributed by atoms with E-state index in [9.17, 15) is 5.11 Å². The van der Waals surface area contributed by atoms with E-state index in [0.29, 0.717) is 11.1 Å². The first-order valence-corrected chi connectivity index (χ1v) is 3.03. The summed E-state index contributed by atoms with van der Waals surface area (Å²) in [5.74, 6) is 5.50. The molecule has 11 heavy (non-hydrogen) atoms. The second-order valence-corrected chi connectivity index (χ2v) is 2.24. The van der Waals surface area contributed by atoms with Gasteiger partial charge in [0.05, 0.1) is 11.6 Å². The van der Waals surface area contributed by atoms with E-state index in [-0.39, 0.29) is 11.6 Å². The number of fused-ring (bicyclic) bond motifs is 1. The minimum absolute atomic E-state index is 0.0312. The van der Waals surface area contributed by atoms with E-state index in [2.05, 4.69) is 0 Å². The van der Waals surface area contributed by atoms with E-state index in [4.69, 9.17) is 16.0 Å². The number of rotatable bonds is 0. The van der Waals surface area contributed by atoms with E-state index in [1.54, 1.807) is 6.07 Å². The van der Waals surface area contributed by atoms with Crippen molar-refractivity contribution in [3.8, 4) is 5.75 Å². The van der Waals surface area contributed by atoms with Crippen LogP contribution in [0.3, 0.4) is 0 Å². The average molecular weight is 153 g/mol. The van der Waals surface area contributed by atoms with Crippen LogP contribution in [0.1, 0.15) is 0 Å². The molecule has 58 valence electrons. The summed E-state index contributed by atoms with van der Waals surface area (Å²) < 4.78 is 6.05. The third-order valence-corrected chi connectivity index (χ3v) is 1.62. The van der Waals surface area contributed by atoms with Crippen molar-refractivity contribution in [2.24, 2.45) is 0 Å². The molecule has 0 atom stereocenters. The van der Waals surface area contributed by atoms with Crippen molar-refractivity contribution in [3.63, 3.8) is 0 Å². The fraction of sp³-hybridized carbons (Fsp3) is 0. The van der Waals surface area contributed by atoms with Gasteiger partial charge in [-0.15, -0.1) is 0 Å². The van der Waals surface area contributed by atoms with E-state index in [1.165, 1.54) is 6.26 Å². The molecule has 0 unspecified atom stereocenters. The van der Waals surface area contributed by atoms with Crippen LogP contribution in [0.2, 0.25) is 0 Å². The third kappa shape index (κ3) is 0.542. The Labute approximate surface area is 61.8 Å². The fourth-order valence-corrected chi connectivity index (χ4v) is 1.03. The number of furan rings is 1. The maximum absolute atomic E-state index is 9.28. The predicted octanol–water partition coefficient (Wildman–Crippen LogP) is 0.236. The monoisotopic (exact) mass is 153 g/mol. The molecule has 0 saturated heterocycles. The molecule has 2 heterocycles. The highest BCUT2D eigenvalue weighted by atomic mass is 16.3. The van der Waals surface area contributed by atoms with Crippen LogP contribution >= 0.6 is 0 Å². The van der Waals surface area contributed by atoms with Crippen molar-refractivity contribution in [3.05, 3.63) is 12.3 Å². The van der Waals surface area contributed by atoms with E-state index in [1.807, 2.05) is 0 Å². The van der Waals surface area contributed by atoms with Crippen LogP contribution in [-0.2, 0) is 0 Å². The normalized spacial score (nSPS) is 10.9. The number of anilines is 1. The number of aromatic nitrogens is 1. The molecule has 5 nitrogen and oxygen atoms in total. The smallest absolute Gasteiger partial charge is 0.230 e. The topological polar surface area (TPSA) is 90.3 Å². The van der Waals surface area contributed by atoms with Crippen molar-refractivity contribution in [2.45, 2.75) is 0 Å². The molecule has 2 rings (SSSR count). The first-order valence-electron chi connectivity index (χ1n) is 3.03. The minimum Gasteiger partial charge on any atom is -0.504 e. The molecule has 5 N–H and O–H groups in total. The molecule has 2 aromatic heterocycles. The SMILES string of the molecule is Nc1c(O)c2ccoc2n1N. The van der Waals surface area contributed by atoms with Gasteiger partial charge in [-0.1, -0.05) is 0 Å². The number of nitrogens with two attached hydrogens (primary N) is 2. The van der Waals surface area contributed by atoms with Gasteiger partial charge < -0.3 is 21.1 Å². The van der Waals surface area contributed by atoms with Crippen LogP contribution in [0, 0.1) is 0 Å². The highest BCUT2D eigenvalue weighted by molar-refractivity contribution is 5.88. The first-order chi connectivity index (χ1) is 5.22. The van der Waals surface area contributed by atoms with E-state index in [0.717, 1.165) is 4.68 Å². The summed E-state index contributed by atoms with van der Waals surface area (Å²) in [6.45, 7) is 0. The summed E-state index contributed by atoms with van der Waals surface area (Å²) in [6.07, 6.45) is 1.44. The summed E-state index contributed by atoms with van der Waals surface area (Å²) in [7, 11) is 0. The summed E-state index contributed by atoms with van der Waals surface area (Å²) in [6, 6.07) is 1.60. The Bertz CT molecular complexity index is 367. The Balaban J connectivity index is 3.00. The zero-order chi connectivity index (χ0) is 8.01. The zero-order valence-electron chi connectivity index (χ0n) is 5.61. The van der Waals surface area contributed by atoms with Crippen LogP contribution in [-0.4, -0.2) is 9.78 Å². The van der Waals surface area contributed by atoms with Crippen LogP contribution < -0.4 is 11.6 Å². The molecule has 0 spiro atoms. The Morgan fingerprint density at radius 2 is 2.27 bits per heavy atom. The number of nitrogen functional groups attached to an aromatic ring is 2. The maximum atomic E-state index is 9.28. The molecule has 0 aliphatic carbocycles. The van der Waals surface area contributed by atoms with Crippen molar-refractivity contribution in [1.82, 2.24) is 4.68 Å². The fourth-order valence-electron chi connectivity index (χ4n) is 1.03. The quantitative estimate of drug-likeness (QED) is 0.473. The Hall–Kier alpha value is -1.78. The third-order valence-electron chi connectivity index (χ3n) is 1.62. The molecule has 0 bridgehead atoms. The summed E-state index contributed by atoms with van der Waals surface area (Å²) in [5.41, 5.74) is 5.76. The Morgan fingerprint density at radius 3 is 2.91 bits per heavy atom. The van der Waals surface area contributed by atoms with Crippen LogP contribution in [0.5, 0.6) is 5.75 Å². The molecular formula is C6H7N3O2. The van der Waals surface area contributed by atoms with Gasteiger partial charge >= 0.3 is 0 Å². The molecule has 0 amide bonds. The van der Waals surface area contributed by atoms with Crippen molar-refractivity contribution >= 4 is 16.9 Å². The van der Waals surface area contributed by atoms with Gasteiger partial charge in [0.2, 0.25) is 5.71 Å². The lowest BCUT2D eigenvalue weighted by Crippen LogP contribution is -2.10. The minimum atomic E-state index is -0.0312. The molecule has 0 aliphatic heterocycles. The van der Waals surface area contributed by atoms with Gasteiger partial charge in [0.15, 0.2) is 11.6 Å². The second-order valence-electron chi connectivity index (χ2n) is 2.24. The van der Waals surface area contributed by atoms with Gasteiger partial charge in [0.25, 0.3) is 0 Å². The van der Waals surface area contributed by atoms with Crippen LogP contribution in [0.25, 0.3) is 11.1 Å². The van der Waals surface area contributed by atoms with Crippen molar-refractivity contribution in [1.29, 1.82) is 0 Å². The van der Waals surface area contributed by atoms with E-state index >= 15 is 0 Å². The summed E-state index contributed by atoms with van der Waals surface area (Å²) in [4.78, 5) is 0. The molecule has 0 fully saturated rings. The summed E-state index contributed by atoms with van der Waals surface area (Å²) in [5, 5.41) is 9.81. The standard InChI is InChI=1S/C6H7N3O2/c7-5-4(10)3-1-2-11-6(3)9(5)8/h1-2,10H,7-8H2. The van der Waals surface area contributed by atoms with E-state index < -0.39 is 0 Å². The van der Waals surface area contributed by atoms with Crippen LogP contribution in [0.15, 0.2) is 16.7 Å². The average Bonchev–Trinajstić information content (AvgIpc) is 2.53. The zero-order valence-corrected chi connectivity index (χ0v) is 5.61. The molecule has 0 radical (unpaired) electrons. The van der Waals surface area contributed by atoms with Gasteiger partial charge in [-0.05, 0) is 6.07 Å². The van der Waals surface area contributed by atoms with Gasteiger partial charge in [-0.2, -0.15) is 0 Å². The number of hydrogen-bond acceptors (Lipinski definition) is 4. The lowest BCUT2D eigenvalue weighted by molar-refractivity contribution is 0.483. The summed E-state index contributed by atoms with van der Waals surface area (Å²) >= 11 is 0. The largest absolute Gasteiger partial charge is 0.504 e. The Kier molecular flexibility index (Phi) is 0.883. The van der Waals surface area contributed by atoms with Crippen LogP contribution in [0.4, 0.5) is 5.82 Å². The van der Waals surface area contributed by atoms with Gasteiger partial charge in [0.1, 0.15) is 0 Å². The maximum Gasteiger partial charge on any atom is 0.230 e. The predicted molar refractivity (Wildman–Crippen MR) is 40.4 cm³/mol. The second kappa shape index (κ2) is 1.63. The molecule has 0 saturated carbocycles. The van der Waals surface area contributed by atoms with Gasteiger partial charge in [-0.3, -0.25) is 0 Å².